The van der Waals surface area contributed by atoms with Crippen LogP contribution in [0, 0.1) is 0 Å². The Hall–Kier alpha value is -2.94. The van der Waals surface area contributed by atoms with E-state index in [4.69, 9.17) is 4.74 Å². The number of hydrogen-bond acceptors (Lipinski definition) is 6. The van der Waals surface area contributed by atoms with Gasteiger partial charge in [0.2, 0.25) is 5.95 Å². The molecule has 0 radical (unpaired) electrons. The lowest BCUT2D eigenvalue weighted by atomic mass is 10.3. The van der Waals surface area contributed by atoms with Crippen molar-refractivity contribution >= 4 is 23.2 Å². The van der Waals surface area contributed by atoms with Crippen molar-refractivity contribution in [1.29, 1.82) is 0 Å². The first kappa shape index (κ1) is 14.6. The van der Waals surface area contributed by atoms with Gasteiger partial charge in [-0.3, -0.25) is 9.48 Å². The number of carbonyl (C=O) groups is 1. The second-order valence-electron chi connectivity index (χ2n) is 5.52. The van der Waals surface area contributed by atoms with E-state index in [1.165, 1.54) is 4.68 Å². The number of hydrogen-bond donors (Lipinski definition) is 1. The molecule has 0 bridgehead atoms. The smallest absolute Gasteiger partial charge is 0.273 e. The van der Waals surface area contributed by atoms with Gasteiger partial charge in [0.1, 0.15) is 5.69 Å². The highest BCUT2D eigenvalue weighted by Gasteiger charge is 2.16. The predicted molar refractivity (Wildman–Crippen MR) is 87.2 cm³/mol. The maximum atomic E-state index is 12.2. The maximum Gasteiger partial charge on any atom is 0.273 e. The Morgan fingerprint density at radius 2 is 2.12 bits per heavy atom. The van der Waals surface area contributed by atoms with Gasteiger partial charge in [0, 0.05) is 44.3 Å². The standard InChI is InChI=1S/C15H17N7O2/c1-20-12(2-4-16-20)14(23)17-11-3-5-22-13(10-11)18-15(19-22)21-6-8-24-9-7-21/h2-5,10H,6-9H2,1H3,(H,17,23). The maximum absolute atomic E-state index is 12.2. The van der Waals surface area contributed by atoms with Gasteiger partial charge in [-0.25, -0.2) is 4.52 Å². The molecule has 1 N–H and O–H groups in total. The van der Waals surface area contributed by atoms with Gasteiger partial charge in [-0.05, 0) is 12.1 Å². The summed E-state index contributed by atoms with van der Waals surface area (Å²) in [5.41, 5.74) is 1.83. The molecule has 9 heteroatoms. The molecule has 24 heavy (non-hydrogen) atoms. The van der Waals surface area contributed by atoms with Crippen LogP contribution in [0.1, 0.15) is 10.5 Å². The molecular formula is C15H17N7O2. The summed E-state index contributed by atoms with van der Waals surface area (Å²) < 4.78 is 8.57. The third kappa shape index (κ3) is 2.69. The number of fused-ring (bicyclic) bond motifs is 1. The lowest BCUT2D eigenvalue weighted by Crippen LogP contribution is -2.36. The SMILES string of the molecule is Cn1nccc1C(=O)Nc1ccn2nc(N3CCOCC3)nc2c1. The number of morpholine rings is 1. The zero-order chi connectivity index (χ0) is 16.5. The van der Waals surface area contributed by atoms with Crippen LogP contribution in [0.25, 0.3) is 5.65 Å². The first-order chi connectivity index (χ1) is 11.7. The molecule has 0 spiro atoms. The second-order valence-corrected chi connectivity index (χ2v) is 5.52. The van der Waals surface area contributed by atoms with Crippen molar-refractivity contribution < 1.29 is 9.53 Å². The van der Waals surface area contributed by atoms with Crippen molar-refractivity contribution in [3.05, 3.63) is 36.3 Å². The molecule has 1 aliphatic heterocycles. The van der Waals surface area contributed by atoms with Crippen LogP contribution in [-0.2, 0) is 11.8 Å². The van der Waals surface area contributed by atoms with Gasteiger partial charge < -0.3 is 15.0 Å². The fraction of sp³-hybridized carbons (Fsp3) is 0.333. The Labute approximate surface area is 137 Å². The summed E-state index contributed by atoms with van der Waals surface area (Å²) in [6, 6.07) is 5.26. The molecule has 1 saturated heterocycles. The van der Waals surface area contributed by atoms with Crippen LogP contribution in [-0.4, -0.2) is 56.6 Å². The molecule has 9 nitrogen and oxygen atoms in total. The van der Waals surface area contributed by atoms with Crippen LogP contribution >= 0.6 is 0 Å². The molecule has 124 valence electrons. The summed E-state index contributed by atoms with van der Waals surface area (Å²) in [6.07, 6.45) is 3.37. The van der Waals surface area contributed by atoms with Crippen LogP contribution in [0.4, 0.5) is 11.6 Å². The summed E-state index contributed by atoms with van der Waals surface area (Å²) in [7, 11) is 1.73. The van der Waals surface area contributed by atoms with E-state index in [-0.39, 0.29) is 5.91 Å². The molecular weight excluding hydrogens is 310 g/mol. The van der Waals surface area contributed by atoms with Crippen LogP contribution in [0.5, 0.6) is 0 Å². The number of amides is 1. The van der Waals surface area contributed by atoms with Crippen molar-refractivity contribution in [1.82, 2.24) is 24.4 Å². The van der Waals surface area contributed by atoms with Crippen LogP contribution in [0.15, 0.2) is 30.6 Å². The molecule has 3 aromatic rings. The Morgan fingerprint density at radius 1 is 1.29 bits per heavy atom. The monoisotopic (exact) mass is 327 g/mol. The molecule has 0 aliphatic carbocycles. The first-order valence-corrected chi connectivity index (χ1v) is 7.69. The van der Waals surface area contributed by atoms with E-state index in [1.54, 1.807) is 42.2 Å². The van der Waals surface area contributed by atoms with E-state index in [0.29, 0.717) is 36.2 Å². The van der Waals surface area contributed by atoms with Crippen molar-refractivity contribution in [2.24, 2.45) is 7.05 Å². The van der Waals surface area contributed by atoms with E-state index in [9.17, 15) is 4.79 Å². The zero-order valence-corrected chi connectivity index (χ0v) is 13.2. The van der Waals surface area contributed by atoms with Gasteiger partial charge in [0.15, 0.2) is 5.65 Å². The van der Waals surface area contributed by atoms with Gasteiger partial charge in [0.05, 0.1) is 13.2 Å². The molecule has 0 aromatic carbocycles. The largest absolute Gasteiger partial charge is 0.378 e. The number of nitrogens with one attached hydrogen (secondary N) is 1. The van der Waals surface area contributed by atoms with E-state index >= 15 is 0 Å². The van der Waals surface area contributed by atoms with Crippen LogP contribution in [0.2, 0.25) is 0 Å². The topological polar surface area (TPSA) is 89.6 Å². The number of aryl methyl sites for hydroxylation is 1. The average molecular weight is 327 g/mol. The van der Waals surface area contributed by atoms with E-state index in [0.717, 1.165) is 13.1 Å². The number of ether oxygens (including phenoxy) is 1. The van der Waals surface area contributed by atoms with Crippen molar-refractivity contribution in [2.45, 2.75) is 0 Å². The highest BCUT2D eigenvalue weighted by atomic mass is 16.5. The highest BCUT2D eigenvalue weighted by Crippen LogP contribution is 2.16. The summed E-state index contributed by atoms with van der Waals surface area (Å²) >= 11 is 0. The zero-order valence-electron chi connectivity index (χ0n) is 13.2. The summed E-state index contributed by atoms with van der Waals surface area (Å²) in [4.78, 5) is 18.9. The van der Waals surface area contributed by atoms with E-state index < -0.39 is 0 Å². The fourth-order valence-electron chi connectivity index (χ4n) is 2.64. The number of aromatic nitrogens is 5. The lowest BCUT2D eigenvalue weighted by Gasteiger charge is -2.25. The Kier molecular flexibility index (Phi) is 3.62. The molecule has 0 atom stereocenters. The third-order valence-electron chi connectivity index (χ3n) is 3.93. The van der Waals surface area contributed by atoms with E-state index in [1.807, 2.05) is 0 Å². The number of nitrogens with zero attached hydrogens (tertiary/aromatic N) is 6. The second kappa shape index (κ2) is 5.93. The van der Waals surface area contributed by atoms with Gasteiger partial charge in [-0.2, -0.15) is 10.1 Å². The van der Waals surface area contributed by atoms with Crippen molar-refractivity contribution in [3.63, 3.8) is 0 Å². The Balaban J connectivity index is 1.56. The third-order valence-corrected chi connectivity index (χ3v) is 3.93. The number of carbonyl (C=O) groups excluding carboxylic acids is 1. The number of rotatable bonds is 3. The molecule has 1 fully saturated rings. The summed E-state index contributed by atoms with van der Waals surface area (Å²) in [6.45, 7) is 2.92. The Morgan fingerprint density at radius 3 is 2.88 bits per heavy atom. The quantitative estimate of drug-likeness (QED) is 0.756. The van der Waals surface area contributed by atoms with Gasteiger partial charge >= 0.3 is 0 Å². The summed E-state index contributed by atoms with van der Waals surface area (Å²) in [5, 5.41) is 11.3. The normalized spacial score (nSPS) is 15.0. The van der Waals surface area contributed by atoms with Gasteiger partial charge in [-0.15, -0.1) is 5.10 Å². The highest BCUT2D eigenvalue weighted by molar-refractivity contribution is 6.03. The minimum absolute atomic E-state index is 0.215. The van der Waals surface area contributed by atoms with Crippen molar-refractivity contribution in [2.75, 3.05) is 36.5 Å². The fourth-order valence-corrected chi connectivity index (χ4v) is 2.64. The van der Waals surface area contributed by atoms with Crippen LogP contribution < -0.4 is 10.2 Å². The minimum atomic E-state index is -0.215. The average Bonchev–Trinajstić information content (AvgIpc) is 3.21. The van der Waals surface area contributed by atoms with Crippen molar-refractivity contribution in [3.8, 4) is 0 Å². The Bertz CT molecular complexity index is 879. The van der Waals surface area contributed by atoms with Gasteiger partial charge in [0.25, 0.3) is 5.91 Å². The predicted octanol–water partition coefficient (Wildman–Crippen LogP) is 0.552. The molecule has 1 amide bonds. The molecule has 4 heterocycles. The summed E-state index contributed by atoms with van der Waals surface area (Å²) in [5.74, 6) is 0.459. The molecule has 4 rings (SSSR count). The van der Waals surface area contributed by atoms with Gasteiger partial charge in [-0.1, -0.05) is 0 Å². The number of pyridine rings is 1. The lowest BCUT2D eigenvalue weighted by molar-refractivity contribution is 0.101. The number of anilines is 2. The first-order valence-electron chi connectivity index (χ1n) is 7.69. The molecule has 3 aromatic heterocycles. The minimum Gasteiger partial charge on any atom is -0.378 e. The molecule has 0 saturated carbocycles. The molecule has 1 aliphatic rings. The molecule has 0 unspecified atom stereocenters. The van der Waals surface area contributed by atoms with E-state index in [2.05, 4.69) is 25.4 Å². The van der Waals surface area contributed by atoms with Crippen LogP contribution in [0.3, 0.4) is 0 Å².